The van der Waals surface area contributed by atoms with Crippen molar-refractivity contribution in [2.24, 2.45) is 0 Å². The van der Waals surface area contributed by atoms with Gasteiger partial charge < -0.3 is 9.73 Å². The van der Waals surface area contributed by atoms with Crippen LogP contribution in [0.2, 0.25) is 0 Å². The summed E-state index contributed by atoms with van der Waals surface area (Å²) in [5.41, 5.74) is 2.87. The van der Waals surface area contributed by atoms with Gasteiger partial charge in [0, 0.05) is 17.3 Å². The number of nitrogens with one attached hydrogen (secondary N) is 1. The fraction of sp³-hybridized carbons (Fsp3) is 0.0909. The van der Waals surface area contributed by atoms with Crippen LogP contribution in [-0.2, 0) is 11.2 Å². The number of nitrogens with zero attached hydrogens (tertiary/aromatic N) is 4. The maximum absolute atomic E-state index is 13.2. The summed E-state index contributed by atoms with van der Waals surface area (Å²) >= 11 is 0. The van der Waals surface area contributed by atoms with Gasteiger partial charge in [0.05, 0.1) is 6.26 Å². The van der Waals surface area contributed by atoms with Crippen molar-refractivity contribution in [2.45, 2.75) is 13.3 Å². The van der Waals surface area contributed by atoms with Crippen LogP contribution in [0.1, 0.15) is 18.2 Å². The Morgan fingerprint density at radius 1 is 1.10 bits per heavy atom. The van der Waals surface area contributed by atoms with E-state index in [-0.39, 0.29) is 11.6 Å². The molecule has 29 heavy (non-hydrogen) atoms. The lowest BCUT2D eigenvalue weighted by molar-refractivity contribution is -0.111. The van der Waals surface area contributed by atoms with Gasteiger partial charge in [-0.05, 0) is 46.7 Å². The Hall–Kier alpha value is -4.00. The number of aryl methyl sites for hydroxylation is 1. The first-order chi connectivity index (χ1) is 14.2. The maximum atomic E-state index is 13.2. The molecule has 0 aliphatic heterocycles. The molecule has 0 bridgehead atoms. The number of carbonyl (C=O) groups excluding carboxylic acids is 1. The SMILES string of the molecule is CCc1cccc(NC(=O)/C(=C\c2ccco2)n2nnnc2-c2ccccc2)c1. The molecule has 2 aromatic carbocycles. The molecule has 0 saturated carbocycles. The fourth-order valence-corrected chi connectivity index (χ4v) is 2.91. The van der Waals surface area contributed by atoms with Gasteiger partial charge in [-0.1, -0.05) is 49.4 Å². The molecule has 0 radical (unpaired) electrons. The minimum absolute atomic E-state index is 0.241. The van der Waals surface area contributed by atoms with Crippen LogP contribution in [0.5, 0.6) is 0 Å². The number of carbonyl (C=O) groups is 1. The normalized spacial score (nSPS) is 11.4. The number of anilines is 1. The predicted octanol–water partition coefficient (Wildman–Crippen LogP) is 4.13. The lowest BCUT2D eigenvalue weighted by Gasteiger charge is -2.11. The van der Waals surface area contributed by atoms with Crippen LogP contribution in [0.15, 0.2) is 77.4 Å². The van der Waals surface area contributed by atoms with Crippen LogP contribution in [0.25, 0.3) is 23.2 Å². The quantitative estimate of drug-likeness (QED) is 0.504. The van der Waals surface area contributed by atoms with Gasteiger partial charge in [0.15, 0.2) is 5.82 Å². The molecule has 2 heterocycles. The van der Waals surface area contributed by atoms with Crippen LogP contribution in [0.4, 0.5) is 5.69 Å². The molecule has 0 unspecified atom stereocenters. The van der Waals surface area contributed by atoms with Crippen molar-refractivity contribution in [3.05, 3.63) is 84.3 Å². The summed E-state index contributed by atoms with van der Waals surface area (Å²) in [4.78, 5) is 13.2. The van der Waals surface area contributed by atoms with Crippen LogP contribution in [0, 0.1) is 0 Å². The molecule has 2 aromatic heterocycles. The van der Waals surface area contributed by atoms with E-state index in [1.807, 2.05) is 54.6 Å². The number of hydrogen-bond acceptors (Lipinski definition) is 5. The highest BCUT2D eigenvalue weighted by Crippen LogP contribution is 2.22. The van der Waals surface area contributed by atoms with Crippen molar-refractivity contribution in [1.29, 1.82) is 0 Å². The zero-order valence-corrected chi connectivity index (χ0v) is 15.8. The Morgan fingerprint density at radius 2 is 1.97 bits per heavy atom. The van der Waals surface area contributed by atoms with Crippen molar-refractivity contribution in [2.75, 3.05) is 5.32 Å². The maximum Gasteiger partial charge on any atom is 0.274 e. The number of tetrazole rings is 1. The molecule has 4 rings (SSSR count). The van der Waals surface area contributed by atoms with E-state index >= 15 is 0 Å². The lowest BCUT2D eigenvalue weighted by Crippen LogP contribution is -2.19. The summed E-state index contributed by atoms with van der Waals surface area (Å²) in [6.07, 6.45) is 4.04. The molecule has 7 heteroatoms. The van der Waals surface area contributed by atoms with E-state index in [4.69, 9.17) is 4.42 Å². The molecule has 4 aromatic rings. The number of furan rings is 1. The molecule has 0 fully saturated rings. The Balaban J connectivity index is 1.74. The minimum Gasteiger partial charge on any atom is -0.465 e. The number of rotatable bonds is 6. The third-order valence-electron chi connectivity index (χ3n) is 4.38. The van der Waals surface area contributed by atoms with E-state index in [2.05, 4.69) is 27.8 Å². The fourth-order valence-electron chi connectivity index (χ4n) is 2.91. The molecule has 0 atom stereocenters. The Bertz CT molecular complexity index is 1130. The number of hydrogen-bond donors (Lipinski definition) is 1. The monoisotopic (exact) mass is 385 g/mol. The Morgan fingerprint density at radius 3 is 2.72 bits per heavy atom. The smallest absolute Gasteiger partial charge is 0.274 e. The van der Waals surface area contributed by atoms with Gasteiger partial charge in [0.2, 0.25) is 0 Å². The van der Waals surface area contributed by atoms with Crippen molar-refractivity contribution in [1.82, 2.24) is 20.2 Å². The van der Waals surface area contributed by atoms with Gasteiger partial charge in [0.25, 0.3) is 5.91 Å². The summed E-state index contributed by atoms with van der Waals surface area (Å²) in [7, 11) is 0. The second-order valence-corrected chi connectivity index (χ2v) is 6.33. The van der Waals surface area contributed by atoms with Gasteiger partial charge >= 0.3 is 0 Å². The van der Waals surface area contributed by atoms with Crippen LogP contribution in [0.3, 0.4) is 0 Å². The summed E-state index contributed by atoms with van der Waals surface area (Å²) in [5, 5.41) is 14.9. The summed E-state index contributed by atoms with van der Waals surface area (Å²) in [5.74, 6) is 0.631. The second kappa shape index (κ2) is 8.35. The van der Waals surface area contributed by atoms with Gasteiger partial charge in [-0.15, -0.1) is 5.10 Å². The molecule has 144 valence electrons. The van der Waals surface area contributed by atoms with E-state index in [0.717, 1.165) is 17.5 Å². The molecule has 7 nitrogen and oxygen atoms in total. The summed E-state index contributed by atoms with van der Waals surface area (Å²) in [6, 6.07) is 20.7. The molecule has 1 N–H and O–H groups in total. The number of benzene rings is 2. The molecule has 0 aliphatic rings. The predicted molar refractivity (Wildman–Crippen MR) is 111 cm³/mol. The molecule has 0 saturated heterocycles. The molecule has 0 aliphatic carbocycles. The van der Waals surface area contributed by atoms with Gasteiger partial charge in [-0.3, -0.25) is 4.79 Å². The standard InChI is InChI=1S/C22H19N5O2/c1-2-16-8-6-11-18(14-16)23-22(28)20(15-19-12-7-13-29-19)27-21(24-25-26-27)17-9-4-3-5-10-17/h3-15H,2H2,1H3,(H,23,28)/b20-15+. The van der Waals surface area contributed by atoms with Crippen molar-refractivity contribution < 1.29 is 9.21 Å². The van der Waals surface area contributed by atoms with Crippen molar-refractivity contribution >= 4 is 23.4 Å². The van der Waals surface area contributed by atoms with Crippen molar-refractivity contribution in [3.8, 4) is 11.4 Å². The van der Waals surface area contributed by atoms with Crippen LogP contribution < -0.4 is 5.32 Å². The van der Waals surface area contributed by atoms with Gasteiger partial charge in [-0.25, -0.2) is 0 Å². The minimum atomic E-state index is -0.348. The highest BCUT2D eigenvalue weighted by Gasteiger charge is 2.20. The highest BCUT2D eigenvalue weighted by atomic mass is 16.3. The van der Waals surface area contributed by atoms with E-state index in [1.165, 1.54) is 4.68 Å². The number of aromatic nitrogens is 4. The molecular weight excluding hydrogens is 366 g/mol. The van der Waals surface area contributed by atoms with Crippen molar-refractivity contribution in [3.63, 3.8) is 0 Å². The highest BCUT2D eigenvalue weighted by molar-refractivity contribution is 6.24. The molecular formula is C22H19N5O2. The van der Waals surface area contributed by atoms with Crippen LogP contribution >= 0.6 is 0 Å². The van der Waals surface area contributed by atoms with Gasteiger partial charge in [-0.2, -0.15) is 4.68 Å². The third kappa shape index (κ3) is 4.14. The first kappa shape index (κ1) is 18.4. The largest absolute Gasteiger partial charge is 0.465 e. The average Bonchev–Trinajstić information content (AvgIpc) is 3.44. The zero-order valence-electron chi connectivity index (χ0n) is 15.8. The molecule has 1 amide bonds. The zero-order chi connectivity index (χ0) is 20.1. The van der Waals surface area contributed by atoms with Crippen LogP contribution in [-0.4, -0.2) is 26.1 Å². The summed E-state index contributed by atoms with van der Waals surface area (Å²) < 4.78 is 6.82. The third-order valence-corrected chi connectivity index (χ3v) is 4.38. The van der Waals surface area contributed by atoms with E-state index in [0.29, 0.717) is 17.3 Å². The van der Waals surface area contributed by atoms with E-state index in [1.54, 1.807) is 24.5 Å². The van der Waals surface area contributed by atoms with E-state index < -0.39 is 0 Å². The number of amides is 1. The lowest BCUT2D eigenvalue weighted by atomic mass is 10.1. The Labute approximate surface area is 167 Å². The molecule has 0 spiro atoms. The van der Waals surface area contributed by atoms with E-state index in [9.17, 15) is 4.79 Å². The second-order valence-electron chi connectivity index (χ2n) is 6.33. The van der Waals surface area contributed by atoms with Gasteiger partial charge in [0.1, 0.15) is 11.5 Å². The Kier molecular flexibility index (Phi) is 5.29. The summed E-state index contributed by atoms with van der Waals surface area (Å²) in [6.45, 7) is 2.07. The average molecular weight is 385 g/mol. The first-order valence-corrected chi connectivity index (χ1v) is 9.24. The topological polar surface area (TPSA) is 85.8 Å². The first-order valence-electron chi connectivity index (χ1n) is 9.24.